The third-order valence-corrected chi connectivity index (χ3v) is 5.33. The lowest BCUT2D eigenvalue weighted by Crippen LogP contribution is -2.15. The topological polar surface area (TPSA) is 65.4 Å². The van der Waals surface area contributed by atoms with Crippen LogP contribution in [-0.2, 0) is 16.6 Å². The molecule has 3 aromatic rings. The molecule has 1 unspecified atom stereocenters. The molecule has 1 aliphatic carbocycles. The van der Waals surface area contributed by atoms with Crippen molar-refractivity contribution < 1.29 is 14.3 Å². The highest BCUT2D eigenvalue weighted by Gasteiger charge is 2.39. The zero-order valence-electron chi connectivity index (χ0n) is 16.4. The summed E-state index contributed by atoms with van der Waals surface area (Å²) in [5.74, 6) is 2.07. The molecule has 6 heteroatoms. The number of para-hydroxylation sites is 1. The molecule has 1 aliphatic rings. The standard InChI is InChI=1S/C22H25N3O3/c1-14-10-17(14)22(26)24-21-12-15-11-18(25(2)19(15)13-23-21)16-6-4-5-7-20(16)28-9-8-27-3/h4-7,11-14,17H,8-10H2,1-3H3,(H,23,24,26)/t14-,17?/m1/s1. The number of aromatic nitrogens is 2. The first-order chi connectivity index (χ1) is 13.6. The second-order valence-electron chi connectivity index (χ2n) is 7.36. The summed E-state index contributed by atoms with van der Waals surface area (Å²) in [5.41, 5.74) is 3.04. The predicted octanol–water partition coefficient (Wildman–Crippen LogP) is 3.86. The summed E-state index contributed by atoms with van der Waals surface area (Å²) >= 11 is 0. The number of hydrogen-bond donors (Lipinski definition) is 1. The van der Waals surface area contributed by atoms with E-state index in [1.54, 1.807) is 13.3 Å². The van der Waals surface area contributed by atoms with E-state index in [4.69, 9.17) is 9.47 Å². The van der Waals surface area contributed by atoms with E-state index < -0.39 is 0 Å². The van der Waals surface area contributed by atoms with Gasteiger partial charge in [-0.15, -0.1) is 0 Å². The van der Waals surface area contributed by atoms with Gasteiger partial charge in [0.05, 0.1) is 24.0 Å². The van der Waals surface area contributed by atoms with Gasteiger partial charge < -0.3 is 19.4 Å². The van der Waals surface area contributed by atoms with Gasteiger partial charge in [0.15, 0.2) is 0 Å². The summed E-state index contributed by atoms with van der Waals surface area (Å²) in [4.78, 5) is 16.6. The average molecular weight is 379 g/mol. The molecule has 1 N–H and O–H groups in total. The lowest BCUT2D eigenvalue weighted by molar-refractivity contribution is -0.117. The molecule has 1 amide bonds. The zero-order valence-corrected chi connectivity index (χ0v) is 16.4. The molecule has 0 radical (unpaired) electrons. The largest absolute Gasteiger partial charge is 0.490 e. The molecule has 6 nitrogen and oxygen atoms in total. The van der Waals surface area contributed by atoms with Gasteiger partial charge >= 0.3 is 0 Å². The zero-order chi connectivity index (χ0) is 19.7. The third kappa shape index (κ3) is 3.60. The Balaban J connectivity index is 1.63. The minimum absolute atomic E-state index is 0.0624. The second-order valence-corrected chi connectivity index (χ2v) is 7.36. The van der Waals surface area contributed by atoms with Crippen molar-refractivity contribution in [1.82, 2.24) is 9.55 Å². The first-order valence-corrected chi connectivity index (χ1v) is 9.56. The number of ether oxygens (including phenoxy) is 2. The van der Waals surface area contributed by atoms with Crippen molar-refractivity contribution in [3.05, 3.63) is 42.6 Å². The number of fused-ring (bicyclic) bond motifs is 1. The van der Waals surface area contributed by atoms with Gasteiger partial charge in [0.2, 0.25) is 5.91 Å². The second kappa shape index (κ2) is 7.64. The molecular formula is C22H25N3O3. The van der Waals surface area contributed by atoms with Gasteiger partial charge in [0, 0.05) is 31.0 Å². The third-order valence-electron chi connectivity index (χ3n) is 5.33. The van der Waals surface area contributed by atoms with E-state index in [1.165, 1.54) is 0 Å². The van der Waals surface area contributed by atoms with Crippen molar-refractivity contribution in [2.45, 2.75) is 13.3 Å². The summed E-state index contributed by atoms with van der Waals surface area (Å²) in [6.07, 6.45) is 2.77. The van der Waals surface area contributed by atoms with Crippen molar-refractivity contribution in [2.75, 3.05) is 25.6 Å². The first-order valence-electron chi connectivity index (χ1n) is 9.56. The summed E-state index contributed by atoms with van der Waals surface area (Å²) in [5, 5.41) is 3.97. The maximum absolute atomic E-state index is 12.2. The Hall–Kier alpha value is -2.86. The lowest BCUT2D eigenvalue weighted by atomic mass is 10.1. The van der Waals surface area contributed by atoms with Gasteiger partial charge in [0.1, 0.15) is 18.2 Å². The smallest absolute Gasteiger partial charge is 0.228 e. The molecule has 146 valence electrons. The number of hydrogen-bond acceptors (Lipinski definition) is 4. The molecule has 4 rings (SSSR count). The number of nitrogens with one attached hydrogen (secondary N) is 1. The van der Waals surface area contributed by atoms with Gasteiger partial charge in [-0.25, -0.2) is 4.98 Å². The fourth-order valence-corrected chi connectivity index (χ4v) is 3.51. The normalized spacial score (nSPS) is 18.2. The first kappa shape index (κ1) is 18.5. The number of methoxy groups -OCH3 is 1. The minimum Gasteiger partial charge on any atom is -0.490 e. The van der Waals surface area contributed by atoms with Crippen LogP contribution in [0, 0.1) is 11.8 Å². The van der Waals surface area contributed by atoms with Crippen molar-refractivity contribution in [3.8, 4) is 17.0 Å². The molecule has 2 atom stereocenters. The Kier molecular flexibility index (Phi) is 5.05. The number of anilines is 1. The lowest BCUT2D eigenvalue weighted by Gasteiger charge is -2.12. The van der Waals surface area contributed by atoms with Crippen LogP contribution in [-0.4, -0.2) is 35.8 Å². The number of rotatable bonds is 7. The Morgan fingerprint density at radius 1 is 1.29 bits per heavy atom. The van der Waals surface area contributed by atoms with Crippen LogP contribution < -0.4 is 10.1 Å². The van der Waals surface area contributed by atoms with E-state index in [1.807, 2.05) is 37.4 Å². The molecule has 1 saturated carbocycles. The fourth-order valence-electron chi connectivity index (χ4n) is 3.51. The Bertz CT molecular complexity index is 1010. The van der Waals surface area contributed by atoms with E-state index in [9.17, 15) is 4.79 Å². The van der Waals surface area contributed by atoms with Gasteiger partial charge in [-0.3, -0.25) is 4.79 Å². The summed E-state index contributed by atoms with van der Waals surface area (Å²) in [6.45, 7) is 3.13. The molecule has 0 bridgehead atoms. The van der Waals surface area contributed by atoms with Crippen LogP contribution in [0.15, 0.2) is 42.6 Å². The van der Waals surface area contributed by atoms with Gasteiger partial charge in [-0.05, 0) is 36.6 Å². The number of nitrogens with zero attached hydrogens (tertiary/aromatic N) is 2. The van der Waals surface area contributed by atoms with Crippen molar-refractivity contribution in [3.63, 3.8) is 0 Å². The summed E-state index contributed by atoms with van der Waals surface area (Å²) < 4.78 is 13.1. The Labute approximate surface area is 164 Å². The quantitative estimate of drug-likeness (QED) is 0.633. The molecule has 28 heavy (non-hydrogen) atoms. The fraction of sp³-hybridized carbons (Fsp3) is 0.364. The molecule has 0 spiro atoms. The summed E-state index contributed by atoms with van der Waals surface area (Å²) in [6, 6.07) is 12.0. The Morgan fingerprint density at radius 2 is 2.07 bits per heavy atom. The molecule has 1 fully saturated rings. The molecule has 2 heterocycles. The Morgan fingerprint density at radius 3 is 2.82 bits per heavy atom. The monoisotopic (exact) mass is 379 g/mol. The molecule has 1 aromatic carbocycles. The van der Waals surface area contributed by atoms with E-state index in [0.717, 1.165) is 34.3 Å². The number of pyridine rings is 1. The van der Waals surface area contributed by atoms with Crippen LogP contribution in [0.4, 0.5) is 5.82 Å². The molecule has 0 aliphatic heterocycles. The maximum atomic E-state index is 12.2. The number of benzene rings is 1. The molecule has 0 saturated heterocycles. The van der Waals surface area contributed by atoms with E-state index >= 15 is 0 Å². The van der Waals surface area contributed by atoms with Gasteiger partial charge in [-0.2, -0.15) is 0 Å². The van der Waals surface area contributed by atoms with Crippen LogP contribution in [0.3, 0.4) is 0 Å². The highest BCUT2D eigenvalue weighted by molar-refractivity contribution is 5.96. The van der Waals surface area contributed by atoms with Crippen LogP contribution >= 0.6 is 0 Å². The SMILES string of the molecule is COCCOc1ccccc1-c1cc2cc(NC(=O)C3C[C@H]3C)ncc2n1C. The maximum Gasteiger partial charge on any atom is 0.228 e. The number of carbonyl (C=O) groups is 1. The summed E-state index contributed by atoms with van der Waals surface area (Å²) in [7, 11) is 3.67. The van der Waals surface area contributed by atoms with Crippen molar-refractivity contribution in [2.24, 2.45) is 18.9 Å². The number of amides is 1. The van der Waals surface area contributed by atoms with E-state index in [-0.39, 0.29) is 11.8 Å². The number of aryl methyl sites for hydroxylation is 1. The van der Waals surface area contributed by atoms with E-state index in [0.29, 0.717) is 24.9 Å². The van der Waals surface area contributed by atoms with Crippen LogP contribution in [0.5, 0.6) is 5.75 Å². The highest BCUT2D eigenvalue weighted by atomic mass is 16.5. The van der Waals surface area contributed by atoms with E-state index in [2.05, 4.69) is 27.9 Å². The molecular weight excluding hydrogens is 354 g/mol. The van der Waals surface area contributed by atoms with Crippen LogP contribution in [0.2, 0.25) is 0 Å². The van der Waals surface area contributed by atoms with Crippen molar-refractivity contribution >= 4 is 22.6 Å². The van der Waals surface area contributed by atoms with Gasteiger partial charge in [0.25, 0.3) is 0 Å². The minimum atomic E-state index is 0.0624. The van der Waals surface area contributed by atoms with Crippen molar-refractivity contribution in [1.29, 1.82) is 0 Å². The molecule has 2 aromatic heterocycles. The average Bonchev–Trinajstić information content (AvgIpc) is 3.34. The predicted molar refractivity (Wildman–Crippen MR) is 109 cm³/mol. The van der Waals surface area contributed by atoms with Crippen LogP contribution in [0.1, 0.15) is 13.3 Å². The number of carbonyl (C=O) groups excluding carboxylic acids is 1. The highest BCUT2D eigenvalue weighted by Crippen LogP contribution is 2.38. The van der Waals surface area contributed by atoms with Gasteiger partial charge in [-0.1, -0.05) is 19.1 Å². The van der Waals surface area contributed by atoms with Crippen LogP contribution in [0.25, 0.3) is 22.2 Å².